The molecule has 2 fully saturated rings. The molecule has 26 heavy (non-hydrogen) atoms. The van der Waals surface area contributed by atoms with Crippen LogP contribution < -0.4 is 9.64 Å². The molecule has 2 saturated heterocycles. The minimum absolute atomic E-state index is 0.472. The first kappa shape index (κ1) is 16.9. The Morgan fingerprint density at radius 2 is 1.58 bits per heavy atom. The highest BCUT2D eigenvalue weighted by Gasteiger charge is 2.48. The van der Waals surface area contributed by atoms with Crippen molar-refractivity contribution in [3.05, 3.63) is 33.5 Å². The molecular formula is C18H18Br2N4O2. The summed E-state index contributed by atoms with van der Waals surface area (Å²) in [5.41, 5.74) is 0.472. The topological polar surface area (TPSA) is 50.7 Å². The number of nitrogens with zero attached hydrogens (tertiary/aromatic N) is 4. The van der Waals surface area contributed by atoms with Crippen molar-refractivity contribution in [2.24, 2.45) is 5.41 Å². The molecule has 2 aromatic heterocycles. The third-order valence-electron chi connectivity index (χ3n) is 5.12. The number of hydrogen-bond acceptors (Lipinski definition) is 6. The second-order valence-corrected chi connectivity index (χ2v) is 9.09. The van der Waals surface area contributed by atoms with Crippen LogP contribution in [0.5, 0.6) is 11.5 Å². The third kappa shape index (κ3) is 2.93. The van der Waals surface area contributed by atoms with E-state index >= 15 is 0 Å². The Balaban J connectivity index is 1.32. The molecule has 3 aliphatic heterocycles. The SMILES string of the molecule is Brc1cnc2c(c1)Oc1cc(Br)cnc1N2CCCN1CC2(COC2)C1. The number of rotatable bonds is 4. The Labute approximate surface area is 168 Å². The Bertz CT molecular complexity index is 800. The summed E-state index contributed by atoms with van der Waals surface area (Å²) in [5, 5.41) is 0. The van der Waals surface area contributed by atoms with Crippen molar-refractivity contribution < 1.29 is 9.47 Å². The zero-order valence-electron chi connectivity index (χ0n) is 14.1. The average Bonchev–Trinajstić information content (AvgIpc) is 2.53. The molecule has 1 spiro atoms. The molecule has 0 bridgehead atoms. The third-order valence-corrected chi connectivity index (χ3v) is 5.99. The van der Waals surface area contributed by atoms with Crippen molar-refractivity contribution in [2.75, 3.05) is 44.3 Å². The van der Waals surface area contributed by atoms with Gasteiger partial charge in [0, 0.05) is 58.5 Å². The van der Waals surface area contributed by atoms with E-state index in [1.54, 1.807) is 12.4 Å². The highest BCUT2D eigenvalue weighted by atomic mass is 79.9. The predicted octanol–water partition coefficient (Wildman–Crippen LogP) is 3.97. The second-order valence-electron chi connectivity index (χ2n) is 7.26. The quantitative estimate of drug-likeness (QED) is 0.658. The van der Waals surface area contributed by atoms with Crippen LogP contribution in [-0.4, -0.2) is 54.3 Å². The van der Waals surface area contributed by atoms with E-state index in [4.69, 9.17) is 9.47 Å². The lowest BCUT2D eigenvalue weighted by molar-refractivity contribution is -0.188. The van der Waals surface area contributed by atoms with Crippen molar-refractivity contribution in [3.8, 4) is 11.5 Å². The van der Waals surface area contributed by atoms with Gasteiger partial charge in [-0.05, 0) is 44.8 Å². The van der Waals surface area contributed by atoms with Gasteiger partial charge in [0.25, 0.3) is 0 Å². The molecule has 0 amide bonds. The number of likely N-dealkylation sites (tertiary alicyclic amines) is 1. The smallest absolute Gasteiger partial charge is 0.177 e. The fourth-order valence-corrected chi connectivity index (χ4v) is 4.52. The zero-order valence-corrected chi connectivity index (χ0v) is 17.3. The van der Waals surface area contributed by atoms with E-state index in [9.17, 15) is 0 Å². The van der Waals surface area contributed by atoms with Crippen LogP contribution in [0.25, 0.3) is 0 Å². The monoisotopic (exact) mass is 480 g/mol. The standard InChI is InChI=1S/C18H18Br2N4O2/c19-12-4-14-16(21-6-12)24(17-15(26-14)5-13(20)7-22-17)3-1-2-23-8-18(9-23)10-25-11-18/h4-7H,1-3,8-11H2. The molecular weight excluding hydrogens is 464 g/mol. The Morgan fingerprint density at radius 1 is 0.962 bits per heavy atom. The van der Waals surface area contributed by atoms with Crippen LogP contribution >= 0.6 is 31.9 Å². The van der Waals surface area contributed by atoms with E-state index in [0.717, 1.165) is 64.8 Å². The molecule has 0 atom stereocenters. The van der Waals surface area contributed by atoms with Crippen molar-refractivity contribution in [1.29, 1.82) is 0 Å². The van der Waals surface area contributed by atoms with E-state index in [1.807, 2.05) is 12.1 Å². The van der Waals surface area contributed by atoms with E-state index in [1.165, 1.54) is 13.1 Å². The molecule has 6 nitrogen and oxygen atoms in total. The molecule has 2 aromatic rings. The summed E-state index contributed by atoms with van der Waals surface area (Å²) in [6.45, 7) is 6.14. The number of hydrogen-bond donors (Lipinski definition) is 0. The van der Waals surface area contributed by atoms with Crippen LogP contribution in [-0.2, 0) is 4.74 Å². The maximum absolute atomic E-state index is 6.03. The average molecular weight is 482 g/mol. The van der Waals surface area contributed by atoms with Crippen LogP contribution in [0.15, 0.2) is 33.5 Å². The van der Waals surface area contributed by atoms with Crippen LogP contribution in [0.3, 0.4) is 0 Å². The zero-order chi connectivity index (χ0) is 17.7. The molecule has 5 heterocycles. The summed E-state index contributed by atoms with van der Waals surface area (Å²) in [6.07, 6.45) is 4.65. The molecule has 0 N–H and O–H groups in total. The Hall–Kier alpha value is -1.22. The van der Waals surface area contributed by atoms with E-state index in [0.29, 0.717) is 5.41 Å². The summed E-state index contributed by atoms with van der Waals surface area (Å²) in [5.74, 6) is 3.15. The van der Waals surface area contributed by atoms with Crippen LogP contribution in [0.2, 0.25) is 0 Å². The minimum atomic E-state index is 0.472. The second kappa shape index (κ2) is 6.44. The fourth-order valence-electron chi connectivity index (χ4n) is 3.90. The summed E-state index contributed by atoms with van der Waals surface area (Å²) < 4.78 is 13.2. The van der Waals surface area contributed by atoms with Gasteiger partial charge in [0.05, 0.1) is 13.2 Å². The summed E-state index contributed by atoms with van der Waals surface area (Å²) in [7, 11) is 0. The van der Waals surface area contributed by atoms with Gasteiger partial charge < -0.3 is 19.3 Å². The lowest BCUT2D eigenvalue weighted by atomic mass is 9.78. The maximum Gasteiger partial charge on any atom is 0.177 e. The van der Waals surface area contributed by atoms with Gasteiger partial charge in [-0.2, -0.15) is 0 Å². The normalized spacial score (nSPS) is 20.0. The number of pyridine rings is 2. The lowest BCUT2D eigenvalue weighted by Crippen LogP contribution is -2.65. The van der Waals surface area contributed by atoms with Crippen LogP contribution in [0.1, 0.15) is 6.42 Å². The van der Waals surface area contributed by atoms with E-state index in [-0.39, 0.29) is 0 Å². The van der Waals surface area contributed by atoms with Gasteiger partial charge in [-0.3, -0.25) is 0 Å². The molecule has 3 aliphatic rings. The molecule has 0 unspecified atom stereocenters. The Kier molecular flexibility index (Phi) is 4.19. The van der Waals surface area contributed by atoms with Gasteiger partial charge in [-0.1, -0.05) is 0 Å². The number of anilines is 2. The van der Waals surface area contributed by atoms with Gasteiger partial charge in [-0.15, -0.1) is 0 Å². The van der Waals surface area contributed by atoms with Gasteiger partial charge in [-0.25, -0.2) is 9.97 Å². The fraction of sp³-hybridized carbons (Fsp3) is 0.444. The van der Waals surface area contributed by atoms with E-state index < -0.39 is 0 Å². The minimum Gasteiger partial charge on any atom is -0.449 e. The van der Waals surface area contributed by atoms with Crippen molar-refractivity contribution >= 4 is 43.5 Å². The molecule has 0 aliphatic carbocycles. The highest BCUT2D eigenvalue weighted by molar-refractivity contribution is 9.10. The first-order chi connectivity index (χ1) is 12.6. The molecule has 0 radical (unpaired) electrons. The highest BCUT2D eigenvalue weighted by Crippen LogP contribution is 2.46. The van der Waals surface area contributed by atoms with Crippen LogP contribution in [0, 0.1) is 5.41 Å². The Morgan fingerprint density at radius 3 is 2.12 bits per heavy atom. The number of halogens is 2. The largest absolute Gasteiger partial charge is 0.449 e. The summed E-state index contributed by atoms with van der Waals surface area (Å²) in [6, 6.07) is 3.91. The van der Waals surface area contributed by atoms with Gasteiger partial charge in [0.15, 0.2) is 23.1 Å². The summed E-state index contributed by atoms with van der Waals surface area (Å²) in [4.78, 5) is 13.8. The lowest BCUT2D eigenvalue weighted by Gasteiger charge is -2.55. The number of ether oxygens (including phenoxy) is 2. The number of aromatic nitrogens is 2. The van der Waals surface area contributed by atoms with Gasteiger partial charge in [0.1, 0.15) is 0 Å². The molecule has 0 saturated carbocycles. The van der Waals surface area contributed by atoms with Crippen molar-refractivity contribution in [3.63, 3.8) is 0 Å². The molecule has 8 heteroatoms. The number of fused-ring (bicyclic) bond motifs is 2. The van der Waals surface area contributed by atoms with Crippen molar-refractivity contribution in [1.82, 2.24) is 14.9 Å². The predicted molar refractivity (Wildman–Crippen MR) is 105 cm³/mol. The molecule has 136 valence electrons. The van der Waals surface area contributed by atoms with E-state index in [2.05, 4.69) is 51.6 Å². The van der Waals surface area contributed by atoms with Gasteiger partial charge in [0.2, 0.25) is 0 Å². The first-order valence-electron chi connectivity index (χ1n) is 8.69. The summed E-state index contributed by atoms with van der Waals surface area (Å²) >= 11 is 6.95. The molecule has 5 rings (SSSR count). The van der Waals surface area contributed by atoms with Crippen molar-refractivity contribution in [2.45, 2.75) is 6.42 Å². The maximum atomic E-state index is 6.03. The molecule has 0 aromatic carbocycles. The first-order valence-corrected chi connectivity index (χ1v) is 10.3. The van der Waals surface area contributed by atoms with Crippen LogP contribution in [0.4, 0.5) is 11.6 Å². The van der Waals surface area contributed by atoms with Gasteiger partial charge >= 0.3 is 0 Å².